The highest BCUT2D eigenvalue weighted by atomic mass is 79.9. The van der Waals surface area contributed by atoms with E-state index < -0.39 is 0 Å². The Morgan fingerprint density at radius 2 is 2.17 bits per heavy atom. The summed E-state index contributed by atoms with van der Waals surface area (Å²) in [5.41, 5.74) is 1.00. The molecule has 0 aromatic heterocycles. The number of piperidine rings is 1. The normalized spacial score (nSPS) is 17.4. The first-order valence-electron chi connectivity index (χ1n) is 6.06. The van der Waals surface area contributed by atoms with Crippen LogP contribution in [0, 0.1) is 12.3 Å². The van der Waals surface area contributed by atoms with Gasteiger partial charge in [0.1, 0.15) is 0 Å². The molecule has 1 aliphatic heterocycles. The Labute approximate surface area is 122 Å². The highest BCUT2D eigenvalue weighted by molar-refractivity contribution is 9.10. The third kappa shape index (κ3) is 3.65. The highest BCUT2D eigenvalue weighted by Gasteiger charge is 2.18. The Balaban J connectivity index is 1.92. The van der Waals surface area contributed by atoms with Crippen molar-refractivity contribution in [1.29, 1.82) is 0 Å². The SMILES string of the molecule is C#CCN1CCC(Nc2cc(Br)ccc2Cl)CC1. The second-order valence-corrected chi connectivity index (χ2v) is 5.85. The predicted octanol–water partition coefficient (Wildman–Crippen LogP) is 3.61. The van der Waals surface area contributed by atoms with Crippen molar-refractivity contribution in [3.05, 3.63) is 27.7 Å². The van der Waals surface area contributed by atoms with Gasteiger partial charge in [-0.15, -0.1) is 6.42 Å². The largest absolute Gasteiger partial charge is 0.381 e. The first-order chi connectivity index (χ1) is 8.69. The molecule has 0 atom stereocenters. The average molecular weight is 328 g/mol. The summed E-state index contributed by atoms with van der Waals surface area (Å²) in [6, 6.07) is 6.35. The van der Waals surface area contributed by atoms with E-state index in [1.54, 1.807) is 0 Å². The molecule has 2 nitrogen and oxygen atoms in total. The summed E-state index contributed by atoms with van der Waals surface area (Å²) >= 11 is 9.64. The van der Waals surface area contributed by atoms with Crippen LogP contribution in [0.25, 0.3) is 0 Å². The van der Waals surface area contributed by atoms with Gasteiger partial charge in [-0.05, 0) is 31.0 Å². The summed E-state index contributed by atoms with van der Waals surface area (Å²) in [4.78, 5) is 2.31. The van der Waals surface area contributed by atoms with Crippen molar-refractivity contribution in [2.24, 2.45) is 0 Å². The summed E-state index contributed by atoms with van der Waals surface area (Å²) in [5, 5.41) is 4.28. The predicted molar refractivity (Wildman–Crippen MR) is 81.1 cm³/mol. The fourth-order valence-electron chi connectivity index (χ4n) is 2.19. The Morgan fingerprint density at radius 1 is 1.44 bits per heavy atom. The zero-order valence-corrected chi connectivity index (χ0v) is 12.5. The molecule has 1 fully saturated rings. The van der Waals surface area contributed by atoms with E-state index >= 15 is 0 Å². The van der Waals surface area contributed by atoms with Crippen LogP contribution in [0.1, 0.15) is 12.8 Å². The molecule has 0 bridgehead atoms. The Bertz CT molecular complexity index is 448. The molecule has 1 aromatic carbocycles. The van der Waals surface area contributed by atoms with Gasteiger partial charge in [0.2, 0.25) is 0 Å². The third-order valence-electron chi connectivity index (χ3n) is 3.19. The molecule has 0 amide bonds. The number of anilines is 1. The Kier molecular flexibility index (Phi) is 4.94. The Morgan fingerprint density at radius 3 is 2.83 bits per heavy atom. The lowest BCUT2D eigenvalue weighted by Crippen LogP contribution is -2.39. The summed E-state index contributed by atoms with van der Waals surface area (Å²) < 4.78 is 1.04. The van der Waals surface area contributed by atoms with Crippen LogP contribution in [-0.4, -0.2) is 30.6 Å². The van der Waals surface area contributed by atoms with Crippen molar-refractivity contribution in [2.45, 2.75) is 18.9 Å². The van der Waals surface area contributed by atoms with Crippen LogP contribution >= 0.6 is 27.5 Å². The maximum absolute atomic E-state index is 6.17. The second kappa shape index (κ2) is 6.47. The molecule has 18 heavy (non-hydrogen) atoms. The number of nitrogens with zero attached hydrogens (tertiary/aromatic N) is 1. The van der Waals surface area contributed by atoms with E-state index in [0.29, 0.717) is 6.04 Å². The molecule has 0 aliphatic carbocycles. The van der Waals surface area contributed by atoms with Crippen molar-refractivity contribution in [2.75, 3.05) is 25.0 Å². The van der Waals surface area contributed by atoms with E-state index in [2.05, 4.69) is 32.1 Å². The molecule has 4 heteroatoms. The fraction of sp³-hybridized carbons (Fsp3) is 0.429. The van der Waals surface area contributed by atoms with Gasteiger partial charge in [0.15, 0.2) is 0 Å². The van der Waals surface area contributed by atoms with E-state index in [1.807, 2.05) is 18.2 Å². The smallest absolute Gasteiger partial charge is 0.0638 e. The van der Waals surface area contributed by atoms with Crippen LogP contribution in [0.2, 0.25) is 5.02 Å². The molecule has 1 aliphatic rings. The summed E-state index contributed by atoms with van der Waals surface area (Å²) in [6.07, 6.45) is 7.53. The molecule has 0 unspecified atom stereocenters. The minimum Gasteiger partial charge on any atom is -0.381 e. The van der Waals surface area contributed by atoms with Crippen molar-refractivity contribution in [1.82, 2.24) is 4.90 Å². The molecule has 1 N–H and O–H groups in total. The molecule has 0 radical (unpaired) electrons. The number of benzene rings is 1. The molecule has 96 valence electrons. The van der Waals surface area contributed by atoms with Crippen molar-refractivity contribution >= 4 is 33.2 Å². The van der Waals surface area contributed by atoms with Crippen molar-refractivity contribution < 1.29 is 0 Å². The molecule has 1 heterocycles. The van der Waals surface area contributed by atoms with Gasteiger partial charge in [-0.3, -0.25) is 4.90 Å². The van der Waals surface area contributed by atoms with Crippen LogP contribution < -0.4 is 5.32 Å². The van der Waals surface area contributed by atoms with E-state index in [0.717, 1.165) is 47.7 Å². The van der Waals surface area contributed by atoms with Crippen LogP contribution in [-0.2, 0) is 0 Å². The Hall–Kier alpha value is -0.690. The molecule has 1 saturated heterocycles. The van der Waals surface area contributed by atoms with Crippen LogP contribution in [0.15, 0.2) is 22.7 Å². The number of likely N-dealkylation sites (tertiary alicyclic amines) is 1. The lowest BCUT2D eigenvalue weighted by Gasteiger charge is -2.31. The van der Waals surface area contributed by atoms with Gasteiger partial charge in [-0.1, -0.05) is 33.5 Å². The average Bonchev–Trinajstić information content (AvgIpc) is 2.37. The lowest BCUT2D eigenvalue weighted by atomic mass is 10.0. The maximum atomic E-state index is 6.17. The number of halogens is 2. The van der Waals surface area contributed by atoms with Crippen molar-refractivity contribution in [3.63, 3.8) is 0 Å². The van der Waals surface area contributed by atoms with Gasteiger partial charge in [0.05, 0.1) is 17.3 Å². The van der Waals surface area contributed by atoms with Gasteiger partial charge in [-0.25, -0.2) is 0 Å². The first kappa shape index (κ1) is 13.7. The third-order valence-corrected chi connectivity index (χ3v) is 4.01. The van der Waals surface area contributed by atoms with E-state index in [4.69, 9.17) is 18.0 Å². The van der Waals surface area contributed by atoms with Gasteiger partial charge in [0, 0.05) is 23.6 Å². The number of hydrogen-bond acceptors (Lipinski definition) is 2. The van der Waals surface area contributed by atoms with Crippen LogP contribution in [0.5, 0.6) is 0 Å². The standard InChI is InChI=1S/C14H16BrClN2/c1-2-7-18-8-5-12(6-9-18)17-14-10-11(15)3-4-13(14)16/h1,3-4,10,12,17H,5-9H2. The van der Waals surface area contributed by atoms with E-state index in [-0.39, 0.29) is 0 Å². The lowest BCUT2D eigenvalue weighted by molar-refractivity contribution is 0.243. The molecular formula is C14H16BrClN2. The number of hydrogen-bond donors (Lipinski definition) is 1. The van der Waals surface area contributed by atoms with E-state index in [9.17, 15) is 0 Å². The quantitative estimate of drug-likeness (QED) is 0.853. The number of terminal acetylenes is 1. The molecular weight excluding hydrogens is 312 g/mol. The first-order valence-corrected chi connectivity index (χ1v) is 7.23. The molecule has 0 saturated carbocycles. The minimum absolute atomic E-state index is 0.478. The summed E-state index contributed by atoms with van der Waals surface area (Å²) in [6.45, 7) is 2.85. The highest BCUT2D eigenvalue weighted by Crippen LogP contribution is 2.27. The number of rotatable bonds is 3. The topological polar surface area (TPSA) is 15.3 Å². The second-order valence-electron chi connectivity index (χ2n) is 4.52. The fourth-order valence-corrected chi connectivity index (χ4v) is 2.73. The van der Waals surface area contributed by atoms with Crippen molar-refractivity contribution in [3.8, 4) is 12.3 Å². The summed E-state index contributed by atoms with van der Waals surface area (Å²) in [7, 11) is 0. The zero-order valence-electron chi connectivity index (χ0n) is 10.1. The van der Waals surface area contributed by atoms with Crippen LogP contribution in [0.4, 0.5) is 5.69 Å². The van der Waals surface area contributed by atoms with E-state index in [1.165, 1.54) is 0 Å². The zero-order chi connectivity index (χ0) is 13.0. The number of nitrogens with one attached hydrogen (secondary N) is 1. The minimum atomic E-state index is 0.478. The summed E-state index contributed by atoms with van der Waals surface area (Å²) in [5.74, 6) is 2.70. The van der Waals surface area contributed by atoms with Crippen LogP contribution in [0.3, 0.4) is 0 Å². The maximum Gasteiger partial charge on any atom is 0.0638 e. The van der Waals surface area contributed by atoms with Gasteiger partial charge in [0.25, 0.3) is 0 Å². The molecule has 1 aromatic rings. The van der Waals surface area contributed by atoms with Gasteiger partial charge in [-0.2, -0.15) is 0 Å². The van der Waals surface area contributed by atoms with Gasteiger partial charge >= 0.3 is 0 Å². The molecule has 0 spiro atoms. The van der Waals surface area contributed by atoms with Gasteiger partial charge < -0.3 is 5.32 Å². The monoisotopic (exact) mass is 326 g/mol. The molecule has 2 rings (SSSR count).